The number of unbranched alkanes of at least 4 members (excludes halogenated alkanes) is 1. The standard InChI is InChI=1S/C13H24N2O3/c1-2-9-15(10-11-6-7-11)13(18)14-8-4-3-5-12(16)17/h11H,2-10H2,1H3,(H,14,18)(H,16,17). The number of carbonyl (C=O) groups excluding carboxylic acids is 1. The molecular weight excluding hydrogens is 232 g/mol. The van der Waals surface area contributed by atoms with Gasteiger partial charge in [-0.05, 0) is 38.0 Å². The molecule has 0 radical (unpaired) electrons. The molecule has 18 heavy (non-hydrogen) atoms. The minimum Gasteiger partial charge on any atom is -0.481 e. The summed E-state index contributed by atoms with van der Waals surface area (Å²) in [6.07, 6.45) is 4.97. The van der Waals surface area contributed by atoms with Gasteiger partial charge >= 0.3 is 12.0 Å². The first kappa shape index (κ1) is 14.8. The summed E-state index contributed by atoms with van der Waals surface area (Å²) in [5.74, 6) is -0.0722. The fourth-order valence-electron chi connectivity index (χ4n) is 1.87. The summed E-state index contributed by atoms with van der Waals surface area (Å²) in [6, 6.07) is -0.000856. The molecule has 1 saturated carbocycles. The monoisotopic (exact) mass is 256 g/mol. The summed E-state index contributed by atoms with van der Waals surface area (Å²) in [6.45, 7) is 4.31. The van der Waals surface area contributed by atoms with Crippen molar-refractivity contribution in [1.29, 1.82) is 0 Å². The van der Waals surface area contributed by atoms with Crippen LogP contribution in [0.2, 0.25) is 0 Å². The van der Waals surface area contributed by atoms with Crippen LogP contribution in [0.25, 0.3) is 0 Å². The number of nitrogens with one attached hydrogen (secondary N) is 1. The van der Waals surface area contributed by atoms with Crippen LogP contribution in [0.1, 0.15) is 45.4 Å². The molecule has 0 aromatic carbocycles. The molecule has 0 saturated heterocycles. The Morgan fingerprint density at radius 1 is 1.33 bits per heavy atom. The van der Waals surface area contributed by atoms with Crippen molar-refractivity contribution in [3.05, 3.63) is 0 Å². The maximum Gasteiger partial charge on any atom is 0.317 e. The lowest BCUT2D eigenvalue weighted by Gasteiger charge is -2.22. The van der Waals surface area contributed by atoms with Crippen LogP contribution in [0, 0.1) is 5.92 Å². The maximum atomic E-state index is 11.9. The predicted octanol–water partition coefficient (Wildman–Crippen LogP) is 2.07. The number of amides is 2. The van der Waals surface area contributed by atoms with Crippen molar-refractivity contribution in [2.24, 2.45) is 5.92 Å². The van der Waals surface area contributed by atoms with Gasteiger partial charge in [0, 0.05) is 26.1 Å². The van der Waals surface area contributed by atoms with Gasteiger partial charge in [-0.15, -0.1) is 0 Å². The zero-order valence-corrected chi connectivity index (χ0v) is 11.2. The SMILES string of the molecule is CCCN(CC1CC1)C(=O)NCCCCC(=O)O. The van der Waals surface area contributed by atoms with Crippen LogP contribution in [0.4, 0.5) is 4.79 Å². The third-order valence-electron chi connectivity index (χ3n) is 3.05. The van der Waals surface area contributed by atoms with Crippen molar-refractivity contribution in [1.82, 2.24) is 10.2 Å². The second kappa shape index (κ2) is 7.95. The van der Waals surface area contributed by atoms with E-state index in [1.807, 2.05) is 4.90 Å². The molecule has 0 bridgehead atoms. The van der Waals surface area contributed by atoms with Gasteiger partial charge in [0.2, 0.25) is 0 Å². The molecule has 1 rings (SSSR count). The van der Waals surface area contributed by atoms with Gasteiger partial charge in [-0.25, -0.2) is 4.79 Å². The maximum absolute atomic E-state index is 11.9. The Morgan fingerprint density at radius 3 is 2.61 bits per heavy atom. The van der Waals surface area contributed by atoms with E-state index in [2.05, 4.69) is 12.2 Å². The number of carboxylic acids is 1. The van der Waals surface area contributed by atoms with E-state index in [0.717, 1.165) is 25.9 Å². The largest absolute Gasteiger partial charge is 0.481 e. The van der Waals surface area contributed by atoms with Crippen molar-refractivity contribution in [3.63, 3.8) is 0 Å². The average Bonchev–Trinajstić information content (AvgIpc) is 3.11. The number of hydrogen-bond donors (Lipinski definition) is 2. The summed E-state index contributed by atoms with van der Waals surface area (Å²) in [5, 5.41) is 11.4. The summed E-state index contributed by atoms with van der Waals surface area (Å²) >= 11 is 0. The Labute approximate surface area is 109 Å². The minimum absolute atomic E-state index is 0.000856. The quantitative estimate of drug-likeness (QED) is 0.620. The molecule has 5 heteroatoms. The van der Waals surface area contributed by atoms with Gasteiger partial charge in [0.05, 0.1) is 0 Å². The first-order valence-electron chi connectivity index (χ1n) is 6.88. The number of urea groups is 1. The fourth-order valence-corrected chi connectivity index (χ4v) is 1.87. The zero-order valence-electron chi connectivity index (χ0n) is 11.2. The number of carboxylic acid groups (broad SMARTS) is 1. The fraction of sp³-hybridized carbons (Fsp3) is 0.846. The van der Waals surface area contributed by atoms with Crippen molar-refractivity contribution >= 4 is 12.0 Å². The second-order valence-electron chi connectivity index (χ2n) is 4.97. The van der Waals surface area contributed by atoms with E-state index in [4.69, 9.17) is 5.11 Å². The molecule has 104 valence electrons. The summed E-state index contributed by atoms with van der Waals surface area (Å²) in [7, 11) is 0. The normalized spacial score (nSPS) is 14.3. The number of aliphatic carboxylic acids is 1. The van der Waals surface area contributed by atoms with E-state index in [1.165, 1.54) is 12.8 Å². The first-order chi connectivity index (χ1) is 8.63. The van der Waals surface area contributed by atoms with Gasteiger partial charge in [-0.1, -0.05) is 6.92 Å². The van der Waals surface area contributed by atoms with Gasteiger partial charge in [0.15, 0.2) is 0 Å². The van der Waals surface area contributed by atoms with Crippen LogP contribution in [0.5, 0.6) is 0 Å². The molecule has 2 amide bonds. The molecule has 1 aliphatic carbocycles. The van der Waals surface area contributed by atoms with Crippen LogP contribution < -0.4 is 5.32 Å². The molecule has 2 N–H and O–H groups in total. The lowest BCUT2D eigenvalue weighted by Crippen LogP contribution is -2.41. The van der Waals surface area contributed by atoms with E-state index in [0.29, 0.717) is 18.9 Å². The van der Waals surface area contributed by atoms with Crippen molar-refractivity contribution in [2.45, 2.75) is 45.4 Å². The Morgan fingerprint density at radius 2 is 2.06 bits per heavy atom. The van der Waals surface area contributed by atoms with Crippen LogP contribution >= 0.6 is 0 Å². The van der Waals surface area contributed by atoms with Crippen LogP contribution in [0.3, 0.4) is 0 Å². The van der Waals surface area contributed by atoms with Gasteiger partial charge < -0.3 is 15.3 Å². The lowest BCUT2D eigenvalue weighted by molar-refractivity contribution is -0.137. The van der Waals surface area contributed by atoms with Gasteiger partial charge in [0.1, 0.15) is 0 Å². The molecule has 0 spiro atoms. The zero-order chi connectivity index (χ0) is 13.4. The minimum atomic E-state index is -0.775. The van der Waals surface area contributed by atoms with E-state index in [9.17, 15) is 9.59 Å². The predicted molar refractivity (Wildman–Crippen MR) is 69.5 cm³/mol. The molecule has 1 aliphatic rings. The topological polar surface area (TPSA) is 69.6 Å². The number of hydrogen-bond acceptors (Lipinski definition) is 2. The first-order valence-corrected chi connectivity index (χ1v) is 6.88. The number of rotatable bonds is 9. The third kappa shape index (κ3) is 6.47. The van der Waals surface area contributed by atoms with Crippen molar-refractivity contribution in [2.75, 3.05) is 19.6 Å². The smallest absolute Gasteiger partial charge is 0.317 e. The van der Waals surface area contributed by atoms with Crippen molar-refractivity contribution < 1.29 is 14.7 Å². The van der Waals surface area contributed by atoms with E-state index in [-0.39, 0.29) is 12.5 Å². The number of nitrogens with zero attached hydrogens (tertiary/aromatic N) is 1. The Balaban J connectivity index is 2.13. The highest BCUT2D eigenvalue weighted by Crippen LogP contribution is 2.29. The van der Waals surface area contributed by atoms with Gasteiger partial charge in [0.25, 0.3) is 0 Å². The molecule has 0 atom stereocenters. The van der Waals surface area contributed by atoms with Crippen LogP contribution in [-0.2, 0) is 4.79 Å². The molecule has 1 fully saturated rings. The Kier molecular flexibility index (Phi) is 6.54. The Hall–Kier alpha value is -1.26. The molecule has 0 aromatic rings. The highest BCUT2D eigenvalue weighted by atomic mass is 16.4. The molecule has 0 heterocycles. The second-order valence-corrected chi connectivity index (χ2v) is 4.97. The summed E-state index contributed by atoms with van der Waals surface area (Å²) < 4.78 is 0. The van der Waals surface area contributed by atoms with Gasteiger partial charge in [-0.3, -0.25) is 4.79 Å². The molecular formula is C13H24N2O3. The highest BCUT2D eigenvalue weighted by Gasteiger charge is 2.26. The van der Waals surface area contributed by atoms with E-state index >= 15 is 0 Å². The average molecular weight is 256 g/mol. The summed E-state index contributed by atoms with van der Waals surface area (Å²) in [5.41, 5.74) is 0. The number of carbonyl (C=O) groups is 2. The lowest BCUT2D eigenvalue weighted by atomic mass is 10.2. The van der Waals surface area contributed by atoms with E-state index in [1.54, 1.807) is 0 Å². The molecule has 0 unspecified atom stereocenters. The highest BCUT2D eigenvalue weighted by molar-refractivity contribution is 5.74. The van der Waals surface area contributed by atoms with Crippen LogP contribution in [-0.4, -0.2) is 41.6 Å². The third-order valence-corrected chi connectivity index (χ3v) is 3.05. The van der Waals surface area contributed by atoms with Crippen LogP contribution in [0.15, 0.2) is 0 Å². The summed E-state index contributed by atoms with van der Waals surface area (Å²) in [4.78, 5) is 24.1. The van der Waals surface area contributed by atoms with Crippen molar-refractivity contribution in [3.8, 4) is 0 Å². The molecule has 0 aliphatic heterocycles. The Bertz CT molecular complexity index is 277. The molecule has 0 aromatic heterocycles. The van der Waals surface area contributed by atoms with E-state index < -0.39 is 5.97 Å². The molecule has 5 nitrogen and oxygen atoms in total. The van der Waals surface area contributed by atoms with Gasteiger partial charge in [-0.2, -0.15) is 0 Å².